The van der Waals surface area contributed by atoms with Crippen LogP contribution in [0.25, 0.3) is 0 Å². The molecule has 9 nitrogen and oxygen atoms in total. The van der Waals surface area contributed by atoms with Gasteiger partial charge in [-0.25, -0.2) is 4.98 Å². The average molecular weight is 444 g/mol. The predicted molar refractivity (Wildman–Crippen MR) is 117 cm³/mol. The molecule has 0 saturated carbocycles. The van der Waals surface area contributed by atoms with Gasteiger partial charge in [0.05, 0.1) is 25.3 Å². The molecule has 2 aliphatic heterocycles. The van der Waals surface area contributed by atoms with Gasteiger partial charge in [0, 0.05) is 31.7 Å². The summed E-state index contributed by atoms with van der Waals surface area (Å²) >= 11 is 1.31. The van der Waals surface area contributed by atoms with Crippen LogP contribution in [-0.4, -0.2) is 55.6 Å². The van der Waals surface area contributed by atoms with E-state index in [0.717, 1.165) is 42.4 Å². The van der Waals surface area contributed by atoms with Crippen LogP contribution >= 0.6 is 11.3 Å². The molecule has 0 spiro atoms. The molecule has 164 valence electrons. The van der Waals surface area contributed by atoms with Crippen LogP contribution in [0.1, 0.15) is 33.8 Å². The summed E-state index contributed by atoms with van der Waals surface area (Å²) < 4.78 is 5.35. The van der Waals surface area contributed by atoms with E-state index in [1.54, 1.807) is 11.8 Å². The van der Waals surface area contributed by atoms with Gasteiger partial charge in [-0.1, -0.05) is 23.5 Å². The summed E-state index contributed by atoms with van der Waals surface area (Å²) in [5.74, 6) is -0.581. The van der Waals surface area contributed by atoms with Crippen LogP contribution in [0.3, 0.4) is 0 Å². The first-order valence-electron chi connectivity index (χ1n) is 10.3. The number of aryl methyl sites for hydroxylation is 1. The largest absolute Gasteiger partial charge is 0.378 e. The molecule has 10 heteroatoms. The van der Waals surface area contributed by atoms with Crippen molar-refractivity contribution < 1.29 is 19.1 Å². The predicted octanol–water partition coefficient (Wildman–Crippen LogP) is 1.42. The zero-order valence-corrected chi connectivity index (χ0v) is 18.2. The van der Waals surface area contributed by atoms with Crippen molar-refractivity contribution in [1.82, 2.24) is 15.8 Å². The van der Waals surface area contributed by atoms with Gasteiger partial charge in [-0.15, -0.1) is 0 Å². The molecule has 2 saturated heterocycles. The third-order valence-corrected chi connectivity index (χ3v) is 6.49. The number of benzene rings is 1. The Morgan fingerprint density at radius 3 is 2.55 bits per heavy atom. The quantitative estimate of drug-likeness (QED) is 0.678. The van der Waals surface area contributed by atoms with Crippen LogP contribution in [-0.2, 0) is 20.7 Å². The van der Waals surface area contributed by atoms with Crippen molar-refractivity contribution in [3.63, 3.8) is 0 Å². The molecule has 3 heterocycles. The first-order valence-corrected chi connectivity index (χ1v) is 11.1. The Hall–Kier alpha value is -2.98. The van der Waals surface area contributed by atoms with E-state index in [-0.39, 0.29) is 24.1 Å². The number of thiazole rings is 1. The fraction of sp³-hybridized carbons (Fsp3) is 0.429. The Kier molecular flexibility index (Phi) is 6.47. The number of rotatable bonds is 5. The van der Waals surface area contributed by atoms with Gasteiger partial charge in [-0.05, 0) is 31.0 Å². The highest BCUT2D eigenvalue weighted by Crippen LogP contribution is 2.26. The Morgan fingerprint density at radius 2 is 1.87 bits per heavy atom. The molecule has 31 heavy (non-hydrogen) atoms. The van der Waals surface area contributed by atoms with Gasteiger partial charge in [0.2, 0.25) is 11.8 Å². The molecule has 0 radical (unpaired) electrons. The van der Waals surface area contributed by atoms with Gasteiger partial charge in [0.15, 0.2) is 5.13 Å². The first kappa shape index (κ1) is 21.3. The van der Waals surface area contributed by atoms with Crippen LogP contribution in [0.15, 0.2) is 24.3 Å². The minimum Gasteiger partial charge on any atom is -0.378 e. The maximum absolute atomic E-state index is 12.5. The molecular weight excluding hydrogens is 418 g/mol. The molecule has 2 fully saturated rings. The van der Waals surface area contributed by atoms with Crippen LogP contribution in [0.4, 0.5) is 10.8 Å². The second-order valence-electron chi connectivity index (χ2n) is 7.50. The first-order chi connectivity index (χ1) is 15.0. The Morgan fingerprint density at radius 1 is 1.13 bits per heavy atom. The van der Waals surface area contributed by atoms with E-state index < -0.39 is 0 Å². The fourth-order valence-corrected chi connectivity index (χ4v) is 4.62. The van der Waals surface area contributed by atoms with E-state index in [4.69, 9.17) is 4.74 Å². The summed E-state index contributed by atoms with van der Waals surface area (Å²) in [6, 6.07) is 7.34. The molecule has 0 bridgehead atoms. The zero-order valence-electron chi connectivity index (χ0n) is 17.3. The molecule has 2 aromatic rings. The van der Waals surface area contributed by atoms with E-state index >= 15 is 0 Å². The number of anilines is 2. The lowest BCUT2D eigenvalue weighted by Crippen LogP contribution is -2.42. The van der Waals surface area contributed by atoms with Gasteiger partial charge in [0.1, 0.15) is 4.88 Å². The lowest BCUT2D eigenvalue weighted by Gasteiger charge is -2.25. The zero-order chi connectivity index (χ0) is 21.8. The Labute approximate surface area is 184 Å². The van der Waals surface area contributed by atoms with Gasteiger partial charge < -0.3 is 14.5 Å². The number of aromatic nitrogens is 1. The molecule has 4 rings (SSSR count). The number of hydrogen-bond donors (Lipinski definition) is 2. The number of ether oxygens (including phenoxy) is 1. The van der Waals surface area contributed by atoms with E-state index in [2.05, 4.69) is 20.7 Å². The molecule has 0 aliphatic carbocycles. The van der Waals surface area contributed by atoms with Gasteiger partial charge >= 0.3 is 0 Å². The van der Waals surface area contributed by atoms with Gasteiger partial charge in [-0.3, -0.25) is 25.2 Å². The summed E-state index contributed by atoms with van der Waals surface area (Å²) in [6.07, 6.45) is 1.57. The van der Waals surface area contributed by atoms with Crippen LogP contribution in [0.5, 0.6) is 0 Å². The summed E-state index contributed by atoms with van der Waals surface area (Å²) in [4.78, 5) is 45.4. The molecule has 3 amide bonds. The Bertz CT molecular complexity index is 969. The standard InChI is InChI=1S/C21H25N5O4S/c1-14-19(31-21(22-14)25-9-11-30-12-10-25)20(29)24-23-17(27)13-15-4-6-16(7-5-15)26-8-2-3-18(26)28/h4-7H,2-3,8-13H2,1H3,(H,23,27)(H,24,29). The molecule has 2 N–H and O–H groups in total. The smallest absolute Gasteiger partial charge is 0.281 e. The maximum Gasteiger partial charge on any atom is 0.281 e. The molecular formula is C21H25N5O4S. The van der Waals surface area contributed by atoms with Gasteiger partial charge in [-0.2, -0.15) is 0 Å². The van der Waals surface area contributed by atoms with Gasteiger partial charge in [0.25, 0.3) is 5.91 Å². The summed E-state index contributed by atoms with van der Waals surface area (Å²) in [7, 11) is 0. The molecule has 2 aliphatic rings. The minimum atomic E-state index is -0.384. The van der Waals surface area contributed by atoms with Crippen molar-refractivity contribution in [1.29, 1.82) is 0 Å². The van der Waals surface area contributed by atoms with Crippen LogP contribution in [0, 0.1) is 6.92 Å². The number of carbonyl (C=O) groups is 3. The third-order valence-electron chi connectivity index (χ3n) is 5.27. The number of carbonyl (C=O) groups excluding carboxylic acids is 3. The molecule has 0 unspecified atom stereocenters. The van der Waals surface area contributed by atoms with Crippen molar-refractivity contribution in [2.45, 2.75) is 26.2 Å². The normalized spacial score (nSPS) is 16.5. The van der Waals surface area contributed by atoms with Crippen molar-refractivity contribution in [3.05, 3.63) is 40.4 Å². The lowest BCUT2D eigenvalue weighted by molar-refractivity contribution is -0.121. The SMILES string of the molecule is Cc1nc(N2CCOCC2)sc1C(=O)NNC(=O)Cc1ccc(N2CCCC2=O)cc1. The fourth-order valence-electron chi connectivity index (χ4n) is 3.61. The van der Waals surface area contributed by atoms with E-state index in [0.29, 0.717) is 30.2 Å². The highest BCUT2D eigenvalue weighted by Gasteiger charge is 2.22. The van der Waals surface area contributed by atoms with Crippen LogP contribution < -0.4 is 20.7 Å². The number of hydrogen-bond acceptors (Lipinski definition) is 7. The molecule has 0 atom stereocenters. The van der Waals surface area contributed by atoms with E-state index in [9.17, 15) is 14.4 Å². The lowest BCUT2D eigenvalue weighted by atomic mass is 10.1. The average Bonchev–Trinajstić information content (AvgIpc) is 3.39. The summed E-state index contributed by atoms with van der Waals surface area (Å²) in [5, 5.41) is 0.786. The second kappa shape index (κ2) is 9.44. The minimum absolute atomic E-state index is 0.120. The summed E-state index contributed by atoms with van der Waals surface area (Å²) in [5.41, 5.74) is 7.21. The Balaban J connectivity index is 1.29. The van der Waals surface area contributed by atoms with Crippen molar-refractivity contribution in [2.24, 2.45) is 0 Å². The highest BCUT2D eigenvalue weighted by molar-refractivity contribution is 7.17. The molecule has 1 aromatic heterocycles. The third kappa shape index (κ3) is 5.02. The van der Waals surface area contributed by atoms with Crippen molar-refractivity contribution in [2.75, 3.05) is 42.6 Å². The van der Waals surface area contributed by atoms with Crippen molar-refractivity contribution in [3.8, 4) is 0 Å². The maximum atomic E-state index is 12.5. The number of hydrazine groups is 1. The van der Waals surface area contributed by atoms with E-state index in [1.807, 2.05) is 24.3 Å². The highest BCUT2D eigenvalue weighted by atomic mass is 32.1. The second-order valence-corrected chi connectivity index (χ2v) is 8.48. The molecule has 1 aromatic carbocycles. The van der Waals surface area contributed by atoms with Crippen LogP contribution in [0.2, 0.25) is 0 Å². The summed E-state index contributed by atoms with van der Waals surface area (Å²) in [6.45, 7) is 5.29. The number of nitrogens with zero attached hydrogens (tertiary/aromatic N) is 3. The van der Waals surface area contributed by atoms with Crippen molar-refractivity contribution >= 4 is 39.9 Å². The number of amides is 3. The van der Waals surface area contributed by atoms with E-state index in [1.165, 1.54) is 11.3 Å². The monoisotopic (exact) mass is 443 g/mol. The topological polar surface area (TPSA) is 104 Å². The number of nitrogens with one attached hydrogen (secondary N) is 2. The number of morpholine rings is 1.